The Labute approximate surface area is 174 Å². The van der Waals surface area contributed by atoms with E-state index in [1.807, 2.05) is 0 Å². The van der Waals surface area contributed by atoms with E-state index in [2.05, 4.69) is 19.6 Å². The quantitative estimate of drug-likeness (QED) is 0.157. The van der Waals surface area contributed by atoms with Crippen LogP contribution in [0.1, 0.15) is 110 Å². The van der Waals surface area contributed by atoms with Crippen molar-refractivity contribution < 1.29 is 38.7 Å². The molecule has 0 N–H and O–H groups in total. The van der Waals surface area contributed by atoms with Crippen LogP contribution in [0.5, 0.6) is 0 Å². The molecule has 0 aliphatic heterocycles. The molecule has 0 heterocycles. The van der Waals surface area contributed by atoms with Gasteiger partial charge in [0.25, 0.3) is 0 Å². The first-order valence-electron chi connectivity index (χ1n) is 9.79. The minimum absolute atomic E-state index is 0. The third-order valence-electron chi connectivity index (χ3n) is 4.03. The van der Waals surface area contributed by atoms with E-state index in [-0.39, 0.29) is 19.5 Å². The zero-order chi connectivity index (χ0) is 18.5. The smallest absolute Gasteiger partial charge is 0.822 e. The molecule has 0 aliphatic rings. The maximum absolute atomic E-state index is 8.55. The summed E-state index contributed by atoms with van der Waals surface area (Å²) in [6.45, 7) is 2.29. The molecule has 0 radical (unpaired) electrons. The second-order valence-electron chi connectivity index (χ2n) is 6.50. The first-order chi connectivity index (χ1) is 11.4. The molecule has 4 nitrogen and oxygen atoms in total. The Morgan fingerprint density at radius 3 is 1.00 bits per heavy atom. The third-order valence-corrected chi connectivity index (χ3v) is 4.38. The van der Waals surface area contributed by atoms with Crippen LogP contribution in [0.15, 0.2) is 0 Å². The van der Waals surface area contributed by atoms with E-state index in [4.69, 9.17) is 19.2 Å². The van der Waals surface area contributed by atoms with E-state index in [1.165, 1.54) is 108 Å². The van der Waals surface area contributed by atoms with Gasteiger partial charge in [-0.2, -0.15) is 7.82 Å². The molecular weight excluding hydrogens is 409 g/mol. The summed E-state index contributed by atoms with van der Waals surface area (Å²) in [7, 11) is -5.39. The SMILES string of the molecule is CCCCCCCCCCCCCCCCCC[SH2+].O=P([O-])([O-])[O-].[Zn+2]. The van der Waals surface area contributed by atoms with Gasteiger partial charge >= 0.3 is 19.5 Å². The van der Waals surface area contributed by atoms with E-state index < -0.39 is 7.82 Å². The van der Waals surface area contributed by atoms with Gasteiger partial charge in [0.1, 0.15) is 5.75 Å². The van der Waals surface area contributed by atoms with Crippen molar-refractivity contribution in [2.45, 2.75) is 110 Å². The van der Waals surface area contributed by atoms with Crippen LogP contribution in [0.2, 0.25) is 0 Å². The zero-order valence-corrected chi connectivity index (χ0v) is 21.2. The van der Waals surface area contributed by atoms with Gasteiger partial charge in [0, 0.05) is 0 Å². The van der Waals surface area contributed by atoms with E-state index in [9.17, 15) is 0 Å². The van der Waals surface area contributed by atoms with E-state index >= 15 is 0 Å². The fourth-order valence-electron chi connectivity index (χ4n) is 2.67. The third kappa shape index (κ3) is 45.8. The predicted molar refractivity (Wildman–Crippen MR) is 102 cm³/mol. The molecule has 148 valence electrons. The van der Waals surface area contributed by atoms with Gasteiger partial charge in [-0.1, -0.05) is 96.8 Å². The van der Waals surface area contributed by atoms with Crippen molar-refractivity contribution in [3.63, 3.8) is 0 Å². The van der Waals surface area contributed by atoms with E-state index in [1.54, 1.807) is 0 Å². The number of unbranched alkanes of at least 4 members (excludes halogenated alkanes) is 15. The van der Waals surface area contributed by atoms with Gasteiger partial charge in [0.05, 0.1) is 0 Å². The van der Waals surface area contributed by atoms with Gasteiger partial charge in [0.2, 0.25) is 0 Å². The molecule has 0 fully saturated rings. The molecule has 7 heteroatoms. The molecule has 0 aliphatic carbocycles. The van der Waals surface area contributed by atoms with E-state index in [0.29, 0.717) is 0 Å². The Balaban J connectivity index is -0.000000704. The monoisotopic (exact) mass is 446 g/mol. The summed E-state index contributed by atoms with van der Waals surface area (Å²) >= 11 is 3.53. The molecule has 0 unspecified atom stereocenters. The molecular formula is C18H39O4PSZn. The summed E-state index contributed by atoms with van der Waals surface area (Å²) in [5.74, 6) is 1.18. The number of rotatable bonds is 16. The fourth-order valence-corrected chi connectivity index (χ4v) is 2.92. The van der Waals surface area contributed by atoms with Gasteiger partial charge in [-0.05, 0) is 25.5 Å². The molecule has 0 aromatic rings. The number of hydrogen-bond donors (Lipinski definition) is 0. The topological polar surface area (TPSA) is 86.2 Å². The van der Waals surface area contributed by atoms with Crippen LogP contribution in [0.3, 0.4) is 0 Å². The Morgan fingerprint density at radius 2 is 0.800 bits per heavy atom. The number of hydrogen-bond acceptors (Lipinski definition) is 4. The predicted octanol–water partition coefficient (Wildman–Crippen LogP) is 3.43. The molecule has 0 aromatic carbocycles. The van der Waals surface area contributed by atoms with Crippen LogP contribution in [0, 0.1) is 0 Å². The Bertz CT molecular complexity index is 254. The molecule has 0 saturated carbocycles. The molecule has 0 bridgehead atoms. The van der Waals surface area contributed by atoms with Gasteiger partial charge in [-0.25, -0.2) is 0 Å². The maximum atomic E-state index is 8.55. The summed E-state index contributed by atoms with van der Waals surface area (Å²) in [6.07, 6.45) is 23.3. The second kappa shape index (κ2) is 25.1. The van der Waals surface area contributed by atoms with Crippen molar-refractivity contribution in [2.75, 3.05) is 5.75 Å². The second-order valence-corrected chi connectivity index (χ2v) is 7.89. The van der Waals surface area contributed by atoms with Crippen LogP contribution in [0.25, 0.3) is 0 Å². The Morgan fingerprint density at radius 1 is 0.600 bits per heavy atom. The summed E-state index contributed by atoms with van der Waals surface area (Å²) < 4.78 is 8.55. The number of phosphoric acid groups is 1. The van der Waals surface area contributed by atoms with Gasteiger partial charge in [-0.3, -0.25) is 0 Å². The Kier molecular flexibility index (Phi) is 30.9. The van der Waals surface area contributed by atoms with Crippen molar-refractivity contribution in [1.82, 2.24) is 0 Å². The van der Waals surface area contributed by atoms with E-state index in [0.717, 1.165) is 0 Å². The van der Waals surface area contributed by atoms with Crippen LogP contribution in [-0.4, -0.2) is 5.75 Å². The molecule has 25 heavy (non-hydrogen) atoms. The first kappa shape index (κ1) is 30.8. The van der Waals surface area contributed by atoms with Crippen LogP contribution >= 0.6 is 7.82 Å². The average Bonchev–Trinajstić information content (AvgIpc) is 2.49. The normalized spacial score (nSPS) is 10.8. The van der Waals surface area contributed by atoms with Crippen molar-refractivity contribution >= 4 is 20.5 Å². The fraction of sp³-hybridized carbons (Fsp3) is 1.00. The molecule has 0 aromatic heterocycles. The van der Waals surface area contributed by atoms with Crippen molar-refractivity contribution in [3.8, 4) is 0 Å². The molecule has 0 saturated heterocycles. The standard InChI is InChI=1S/C18H38S.H3O4P.Zn/c1-2-3-4-5-6-7-8-9-10-11-12-13-14-15-16-17-18-19;1-5(2,3)4;/h19H,2-18H2,1H3;(H3,1,2,3,4);/q;;+2/p-2. The summed E-state index contributed by atoms with van der Waals surface area (Å²) in [6, 6.07) is 0. The summed E-state index contributed by atoms with van der Waals surface area (Å²) in [5.41, 5.74) is 0. The Hall–Kier alpha value is 1.08. The van der Waals surface area contributed by atoms with Gasteiger partial charge in [0.15, 0.2) is 0 Å². The molecule has 0 atom stereocenters. The molecule has 0 spiro atoms. The zero-order valence-electron chi connectivity index (χ0n) is 16.3. The molecule has 0 amide bonds. The minimum atomic E-state index is -5.39. The minimum Gasteiger partial charge on any atom is -0.822 e. The molecule has 0 rings (SSSR count). The largest absolute Gasteiger partial charge is 2.00 e. The van der Waals surface area contributed by atoms with Crippen molar-refractivity contribution in [2.24, 2.45) is 0 Å². The van der Waals surface area contributed by atoms with Gasteiger partial charge in [-0.15, -0.1) is 0 Å². The van der Waals surface area contributed by atoms with Crippen LogP contribution in [-0.2, 0) is 36.7 Å². The maximum Gasteiger partial charge on any atom is 2.00 e. The van der Waals surface area contributed by atoms with Crippen molar-refractivity contribution in [1.29, 1.82) is 0 Å². The summed E-state index contributed by atoms with van der Waals surface area (Å²) in [5, 5.41) is 0. The van der Waals surface area contributed by atoms with Crippen LogP contribution < -0.4 is 14.7 Å². The van der Waals surface area contributed by atoms with Crippen molar-refractivity contribution in [3.05, 3.63) is 0 Å². The summed E-state index contributed by atoms with van der Waals surface area (Å²) in [4.78, 5) is 25.6. The van der Waals surface area contributed by atoms with Crippen LogP contribution in [0.4, 0.5) is 0 Å². The average molecular weight is 448 g/mol. The first-order valence-corrected chi connectivity index (χ1v) is 12.0. The van der Waals surface area contributed by atoms with Gasteiger partial charge < -0.3 is 19.2 Å².